The number of nitrogens with zero attached hydrogens (tertiary/aromatic N) is 1. The average molecular weight is 227 g/mol. The Kier molecular flexibility index (Phi) is 3.44. The second kappa shape index (κ2) is 4.44. The fourth-order valence-electron chi connectivity index (χ4n) is 1.18. The van der Waals surface area contributed by atoms with Crippen molar-refractivity contribution < 1.29 is 9.31 Å². The van der Waals surface area contributed by atoms with Crippen molar-refractivity contribution in [1.82, 2.24) is 0 Å². The molecule has 3 N–H and O–H groups in total. The molecule has 0 aliphatic rings. The van der Waals surface area contributed by atoms with Gasteiger partial charge in [0, 0.05) is 12.1 Å². The molecule has 0 amide bonds. The maximum absolute atomic E-state index is 12.9. The summed E-state index contributed by atoms with van der Waals surface area (Å²) in [7, 11) is 0. The Morgan fingerprint density at radius 3 is 2.69 bits per heavy atom. The molecule has 0 fully saturated rings. The molecular formula is C10H14FN3O2. The molecule has 0 saturated carbocycles. The van der Waals surface area contributed by atoms with Gasteiger partial charge in [-0.2, -0.15) is 0 Å². The van der Waals surface area contributed by atoms with Crippen LogP contribution in [-0.4, -0.2) is 17.0 Å². The van der Waals surface area contributed by atoms with Crippen molar-refractivity contribution in [1.29, 1.82) is 0 Å². The van der Waals surface area contributed by atoms with Crippen LogP contribution in [0.1, 0.15) is 13.8 Å². The molecule has 0 spiro atoms. The zero-order valence-corrected chi connectivity index (χ0v) is 9.16. The summed E-state index contributed by atoms with van der Waals surface area (Å²) in [6.07, 6.45) is 0. The van der Waals surface area contributed by atoms with E-state index < -0.39 is 16.3 Å². The van der Waals surface area contributed by atoms with Gasteiger partial charge in [-0.3, -0.25) is 10.1 Å². The maximum atomic E-state index is 12.9. The molecule has 88 valence electrons. The number of halogens is 1. The van der Waals surface area contributed by atoms with Crippen LogP contribution in [0.15, 0.2) is 18.2 Å². The first kappa shape index (κ1) is 12.4. The van der Waals surface area contributed by atoms with Gasteiger partial charge >= 0.3 is 0 Å². The van der Waals surface area contributed by atoms with Crippen LogP contribution >= 0.6 is 0 Å². The Balaban J connectivity index is 3.09. The molecule has 1 aromatic carbocycles. The van der Waals surface area contributed by atoms with Gasteiger partial charge in [-0.05, 0) is 26.0 Å². The molecule has 0 aliphatic carbocycles. The molecule has 6 heteroatoms. The smallest absolute Gasteiger partial charge is 0.295 e. The third-order valence-electron chi connectivity index (χ3n) is 2.14. The minimum Gasteiger partial charge on any atom is -0.373 e. The molecule has 0 aromatic heterocycles. The molecular weight excluding hydrogens is 213 g/mol. The Bertz CT molecular complexity index is 407. The Labute approximate surface area is 92.6 Å². The summed E-state index contributed by atoms with van der Waals surface area (Å²) in [6, 6.07) is 3.39. The molecule has 0 heterocycles. The lowest BCUT2D eigenvalue weighted by molar-refractivity contribution is -0.384. The number of nitrogens with two attached hydrogens (primary N) is 1. The van der Waals surface area contributed by atoms with Gasteiger partial charge in [-0.15, -0.1) is 0 Å². The fourth-order valence-corrected chi connectivity index (χ4v) is 1.18. The summed E-state index contributed by atoms with van der Waals surface area (Å²) in [5, 5.41) is 13.6. The number of nitro groups is 1. The molecule has 16 heavy (non-hydrogen) atoms. The number of anilines is 1. The molecule has 0 saturated heterocycles. The van der Waals surface area contributed by atoms with E-state index in [1.54, 1.807) is 13.8 Å². The van der Waals surface area contributed by atoms with Gasteiger partial charge in [0.15, 0.2) is 0 Å². The van der Waals surface area contributed by atoms with Crippen LogP contribution in [0.4, 0.5) is 15.8 Å². The van der Waals surface area contributed by atoms with Gasteiger partial charge in [0.05, 0.1) is 11.0 Å². The minimum atomic E-state index is -0.636. The molecule has 5 nitrogen and oxygen atoms in total. The third kappa shape index (κ3) is 2.90. The standard InChI is InChI=1S/C10H14FN3O2/c1-10(2,6-12)13-8-4-3-7(11)5-9(8)14(15)16/h3-5,13H,6,12H2,1-2H3. The van der Waals surface area contributed by atoms with E-state index in [-0.39, 0.29) is 11.4 Å². The highest BCUT2D eigenvalue weighted by molar-refractivity contribution is 5.62. The highest BCUT2D eigenvalue weighted by Gasteiger charge is 2.21. The first-order valence-corrected chi connectivity index (χ1v) is 4.78. The summed E-state index contributed by atoms with van der Waals surface area (Å²) < 4.78 is 12.9. The number of benzene rings is 1. The van der Waals surface area contributed by atoms with Crippen molar-refractivity contribution in [3.63, 3.8) is 0 Å². The quantitative estimate of drug-likeness (QED) is 0.607. The van der Waals surface area contributed by atoms with Crippen LogP contribution < -0.4 is 11.1 Å². The van der Waals surface area contributed by atoms with E-state index in [1.807, 2.05) is 0 Å². The summed E-state index contributed by atoms with van der Waals surface area (Å²) in [6.45, 7) is 3.92. The van der Waals surface area contributed by atoms with Gasteiger partial charge in [0.25, 0.3) is 5.69 Å². The second-order valence-corrected chi connectivity index (χ2v) is 4.13. The van der Waals surface area contributed by atoms with Crippen LogP contribution in [0.25, 0.3) is 0 Å². The molecule has 0 bridgehead atoms. The van der Waals surface area contributed by atoms with Gasteiger partial charge in [-0.1, -0.05) is 0 Å². The highest BCUT2D eigenvalue weighted by atomic mass is 19.1. The number of rotatable bonds is 4. The molecule has 0 aliphatic heterocycles. The number of nitrogens with one attached hydrogen (secondary N) is 1. The molecule has 0 unspecified atom stereocenters. The van der Waals surface area contributed by atoms with E-state index in [4.69, 9.17) is 5.73 Å². The normalized spacial score (nSPS) is 11.2. The topological polar surface area (TPSA) is 81.2 Å². The summed E-state index contributed by atoms with van der Waals surface area (Å²) in [4.78, 5) is 10.1. The number of hydrogen-bond acceptors (Lipinski definition) is 4. The zero-order chi connectivity index (χ0) is 12.3. The van der Waals surface area contributed by atoms with Crippen molar-refractivity contribution >= 4 is 11.4 Å². The largest absolute Gasteiger partial charge is 0.373 e. The van der Waals surface area contributed by atoms with Crippen molar-refractivity contribution in [2.45, 2.75) is 19.4 Å². The van der Waals surface area contributed by atoms with E-state index in [0.29, 0.717) is 6.54 Å². The monoisotopic (exact) mass is 227 g/mol. The van der Waals surface area contributed by atoms with Crippen LogP contribution in [0, 0.1) is 15.9 Å². The first-order chi connectivity index (χ1) is 7.35. The lowest BCUT2D eigenvalue weighted by atomic mass is 10.1. The Morgan fingerprint density at radius 1 is 1.56 bits per heavy atom. The highest BCUT2D eigenvalue weighted by Crippen LogP contribution is 2.27. The van der Waals surface area contributed by atoms with Crippen molar-refractivity contribution in [2.24, 2.45) is 5.73 Å². The maximum Gasteiger partial charge on any atom is 0.295 e. The summed E-state index contributed by atoms with van der Waals surface area (Å²) in [5.74, 6) is -0.636. The molecule has 1 aromatic rings. The number of hydrogen-bond donors (Lipinski definition) is 2. The second-order valence-electron chi connectivity index (χ2n) is 4.13. The third-order valence-corrected chi connectivity index (χ3v) is 2.14. The van der Waals surface area contributed by atoms with Crippen molar-refractivity contribution in [3.05, 3.63) is 34.1 Å². The molecule has 0 atom stereocenters. The predicted molar refractivity (Wildman–Crippen MR) is 59.8 cm³/mol. The van der Waals surface area contributed by atoms with Gasteiger partial charge in [0.2, 0.25) is 0 Å². The van der Waals surface area contributed by atoms with Gasteiger partial charge in [0.1, 0.15) is 11.5 Å². The SMILES string of the molecule is CC(C)(CN)Nc1ccc(F)cc1[N+](=O)[O-]. The van der Waals surface area contributed by atoms with E-state index in [2.05, 4.69) is 5.32 Å². The lowest BCUT2D eigenvalue weighted by Crippen LogP contribution is -2.39. The van der Waals surface area contributed by atoms with E-state index >= 15 is 0 Å². The Morgan fingerprint density at radius 2 is 2.19 bits per heavy atom. The van der Waals surface area contributed by atoms with E-state index in [0.717, 1.165) is 6.07 Å². The van der Waals surface area contributed by atoms with Crippen molar-refractivity contribution in [2.75, 3.05) is 11.9 Å². The molecule has 0 radical (unpaired) electrons. The fraction of sp³-hybridized carbons (Fsp3) is 0.400. The number of nitro benzene ring substituents is 1. The zero-order valence-electron chi connectivity index (χ0n) is 9.16. The molecule has 1 rings (SSSR count). The Hall–Kier alpha value is -1.69. The van der Waals surface area contributed by atoms with Crippen LogP contribution in [-0.2, 0) is 0 Å². The van der Waals surface area contributed by atoms with Crippen LogP contribution in [0.3, 0.4) is 0 Å². The first-order valence-electron chi connectivity index (χ1n) is 4.78. The lowest BCUT2D eigenvalue weighted by Gasteiger charge is -2.25. The van der Waals surface area contributed by atoms with Crippen molar-refractivity contribution in [3.8, 4) is 0 Å². The van der Waals surface area contributed by atoms with E-state index in [1.165, 1.54) is 12.1 Å². The summed E-state index contributed by atoms with van der Waals surface area (Å²) >= 11 is 0. The summed E-state index contributed by atoms with van der Waals surface area (Å²) in [5.41, 5.74) is 5.00. The van der Waals surface area contributed by atoms with Crippen LogP contribution in [0.2, 0.25) is 0 Å². The van der Waals surface area contributed by atoms with Crippen LogP contribution in [0.5, 0.6) is 0 Å². The van der Waals surface area contributed by atoms with Gasteiger partial charge in [-0.25, -0.2) is 4.39 Å². The minimum absolute atomic E-state index is 0.266. The predicted octanol–water partition coefficient (Wildman–Crippen LogP) is 1.88. The van der Waals surface area contributed by atoms with Gasteiger partial charge < -0.3 is 11.1 Å². The van der Waals surface area contributed by atoms with E-state index in [9.17, 15) is 14.5 Å². The average Bonchev–Trinajstić information content (AvgIpc) is 2.20.